The third-order valence-electron chi connectivity index (χ3n) is 4.75. The molecule has 1 aliphatic carbocycles. The van der Waals surface area contributed by atoms with Crippen LogP contribution in [0, 0.1) is 11.7 Å². The number of ketones is 1. The van der Waals surface area contributed by atoms with E-state index in [2.05, 4.69) is 23.2 Å². The predicted molar refractivity (Wildman–Crippen MR) is 107 cm³/mol. The number of nitrogens with zero attached hydrogens (tertiary/aromatic N) is 2. The molecular formula is C20H19FN2O3S2. The van der Waals surface area contributed by atoms with Gasteiger partial charge >= 0.3 is 0 Å². The Labute approximate surface area is 170 Å². The van der Waals surface area contributed by atoms with E-state index < -0.39 is 5.82 Å². The number of thioether (sulfide) groups is 1. The van der Waals surface area contributed by atoms with Crippen molar-refractivity contribution in [3.63, 3.8) is 0 Å². The molecule has 0 amide bonds. The molecule has 0 fully saturated rings. The Kier molecular flexibility index (Phi) is 5.50. The highest BCUT2D eigenvalue weighted by atomic mass is 32.2. The molecule has 5 nitrogen and oxygen atoms in total. The van der Waals surface area contributed by atoms with Gasteiger partial charge in [0.1, 0.15) is 0 Å². The SMILES string of the molecule is COc1ccc(C(=O)CSc2nnc(-c3cc4c(s3)CC[C@H](C)C4)o2)cc1F. The molecule has 28 heavy (non-hydrogen) atoms. The van der Waals surface area contributed by atoms with Crippen LogP contribution < -0.4 is 4.74 Å². The zero-order valence-corrected chi connectivity index (χ0v) is 17.2. The number of hydrogen-bond acceptors (Lipinski definition) is 7. The number of aromatic nitrogens is 2. The Hall–Kier alpha value is -2.19. The number of aryl methyl sites for hydroxylation is 1. The fourth-order valence-corrected chi connectivity index (χ4v) is 5.02. The monoisotopic (exact) mass is 418 g/mol. The van der Waals surface area contributed by atoms with Crippen LogP contribution >= 0.6 is 23.1 Å². The van der Waals surface area contributed by atoms with Crippen molar-refractivity contribution in [1.82, 2.24) is 10.2 Å². The second-order valence-corrected chi connectivity index (χ2v) is 8.90. The van der Waals surface area contributed by atoms with Crippen LogP contribution in [-0.4, -0.2) is 28.8 Å². The Bertz CT molecular complexity index is 1010. The normalized spacial score (nSPS) is 16.0. The van der Waals surface area contributed by atoms with Gasteiger partial charge in [-0.25, -0.2) is 4.39 Å². The Morgan fingerprint density at radius 1 is 1.39 bits per heavy atom. The van der Waals surface area contributed by atoms with E-state index in [0.29, 0.717) is 17.0 Å². The molecule has 0 saturated carbocycles. The number of hydrogen-bond donors (Lipinski definition) is 0. The van der Waals surface area contributed by atoms with Crippen molar-refractivity contribution in [2.75, 3.05) is 12.9 Å². The summed E-state index contributed by atoms with van der Waals surface area (Å²) in [4.78, 5) is 14.7. The molecule has 1 aliphatic rings. The second kappa shape index (κ2) is 8.05. The first-order valence-corrected chi connectivity index (χ1v) is 10.8. The fraction of sp³-hybridized carbons (Fsp3) is 0.350. The molecule has 0 saturated heterocycles. The lowest BCUT2D eigenvalue weighted by atomic mass is 9.90. The smallest absolute Gasteiger partial charge is 0.277 e. The maximum absolute atomic E-state index is 13.8. The highest BCUT2D eigenvalue weighted by Gasteiger charge is 2.21. The van der Waals surface area contributed by atoms with Gasteiger partial charge in [-0.1, -0.05) is 18.7 Å². The van der Waals surface area contributed by atoms with Gasteiger partial charge in [0.05, 0.1) is 17.7 Å². The lowest BCUT2D eigenvalue weighted by Crippen LogP contribution is -2.07. The quantitative estimate of drug-likeness (QED) is 0.412. The van der Waals surface area contributed by atoms with Crippen LogP contribution in [0.3, 0.4) is 0 Å². The Morgan fingerprint density at radius 3 is 3.04 bits per heavy atom. The summed E-state index contributed by atoms with van der Waals surface area (Å²) < 4.78 is 24.4. The minimum atomic E-state index is -0.561. The molecule has 0 aliphatic heterocycles. The van der Waals surface area contributed by atoms with Gasteiger partial charge in [-0.2, -0.15) is 0 Å². The van der Waals surface area contributed by atoms with E-state index >= 15 is 0 Å². The summed E-state index contributed by atoms with van der Waals surface area (Å²) in [5, 5.41) is 8.48. The summed E-state index contributed by atoms with van der Waals surface area (Å²) in [5.41, 5.74) is 1.66. The van der Waals surface area contributed by atoms with E-state index in [0.717, 1.165) is 29.5 Å². The fourth-order valence-electron chi connectivity index (χ4n) is 3.23. The number of carbonyl (C=O) groups excluding carboxylic acids is 1. The first-order chi connectivity index (χ1) is 13.5. The van der Waals surface area contributed by atoms with Crippen LogP contribution in [0.5, 0.6) is 5.75 Å². The standard InChI is InChI=1S/C20H19FN2O3S2/c1-11-3-6-17-13(7-11)9-18(28-17)19-22-23-20(26-19)27-10-15(24)12-4-5-16(25-2)14(21)8-12/h4-5,8-9,11H,3,6-7,10H2,1-2H3/t11-/m0/s1. The molecule has 0 spiro atoms. The Morgan fingerprint density at radius 2 is 2.25 bits per heavy atom. The van der Waals surface area contributed by atoms with E-state index in [1.165, 1.54) is 36.1 Å². The van der Waals surface area contributed by atoms with Crippen molar-refractivity contribution in [2.24, 2.45) is 5.92 Å². The minimum absolute atomic E-state index is 0.0891. The zero-order chi connectivity index (χ0) is 19.7. The summed E-state index contributed by atoms with van der Waals surface area (Å²) in [7, 11) is 1.38. The molecule has 146 valence electrons. The summed E-state index contributed by atoms with van der Waals surface area (Å²) >= 11 is 2.86. The molecule has 0 N–H and O–H groups in total. The van der Waals surface area contributed by atoms with Gasteiger partial charge < -0.3 is 9.15 Å². The number of methoxy groups -OCH3 is 1. The highest BCUT2D eigenvalue weighted by Crippen LogP contribution is 2.37. The van der Waals surface area contributed by atoms with Crippen LogP contribution in [0.4, 0.5) is 4.39 Å². The third kappa shape index (κ3) is 3.98. The number of halogens is 1. The minimum Gasteiger partial charge on any atom is -0.494 e. The predicted octanol–water partition coefficient (Wildman–Crippen LogP) is 5.05. The maximum Gasteiger partial charge on any atom is 0.277 e. The van der Waals surface area contributed by atoms with E-state index in [4.69, 9.17) is 9.15 Å². The van der Waals surface area contributed by atoms with Crippen molar-refractivity contribution in [1.29, 1.82) is 0 Å². The van der Waals surface area contributed by atoms with Crippen molar-refractivity contribution in [3.05, 3.63) is 46.1 Å². The van der Waals surface area contributed by atoms with Crippen LogP contribution in [0.15, 0.2) is 33.9 Å². The summed E-state index contributed by atoms with van der Waals surface area (Å²) in [6.07, 6.45) is 3.41. The molecule has 0 unspecified atom stereocenters. The highest BCUT2D eigenvalue weighted by molar-refractivity contribution is 7.99. The van der Waals surface area contributed by atoms with Crippen molar-refractivity contribution >= 4 is 28.9 Å². The summed E-state index contributed by atoms with van der Waals surface area (Å²) in [5.74, 6) is 0.612. The summed E-state index contributed by atoms with van der Waals surface area (Å²) in [6.45, 7) is 2.27. The van der Waals surface area contributed by atoms with Crippen LogP contribution in [0.2, 0.25) is 0 Å². The number of carbonyl (C=O) groups is 1. The number of thiophene rings is 1. The number of fused-ring (bicyclic) bond motifs is 1. The number of rotatable bonds is 6. The van der Waals surface area contributed by atoms with Gasteiger partial charge in [0, 0.05) is 10.4 Å². The number of benzene rings is 1. The average Bonchev–Trinajstić information content (AvgIpc) is 3.32. The lowest BCUT2D eigenvalue weighted by Gasteiger charge is -2.16. The van der Waals surface area contributed by atoms with Gasteiger partial charge in [-0.3, -0.25) is 4.79 Å². The molecule has 3 aromatic rings. The van der Waals surface area contributed by atoms with E-state index in [9.17, 15) is 9.18 Å². The van der Waals surface area contributed by atoms with Gasteiger partial charge in [0.15, 0.2) is 17.3 Å². The van der Waals surface area contributed by atoms with Gasteiger partial charge in [0.25, 0.3) is 11.1 Å². The van der Waals surface area contributed by atoms with Gasteiger partial charge in [-0.05, 0) is 55.0 Å². The molecule has 0 radical (unpaired) electrons. The topological polar surface area (TPSA) is 65.2 Å². The Balaban J connectivity index is 1.41. The molecule has 2 aromatic heterocycles. The molecular weight excluding hydrogens is 399 g/mol. The van der Waals surface area contributed by atoms with Crippen LogP contribution in [0.1, 0.15) is 34.1 Å². The third-order valence-corrected chi connectivity index (χ3v) is 6.79. The van der Waals surface area contributed by atoms with Crippen LogP contribution in [0.25, 0.3) is 10.8 Å². The van der Waals surface area contributed by atoms with Gasteiger partial charge in [0.2, 0.25) is 0 Å². The first kappa shape index (κ1) is 19.1. The molecule has 4 rings (SSSR count). The van der Waals surface area contributed by atoms with E-state index in [1.807, 2.05) is 0 Å². The molecule has 8 heteroatoms. The van der Waals surface area contributed by atoms with Crippen molar-refractivity contribution in [2.45, 2.75) is 31.4 Å². The van der Waals surface area contributed by atoms with E-state index in [1.54, 1.807) is 17.4 Å². The molecule has 1 atom stereocenters. The maximum atomic E-state index is 13.8. The largest absolute Gasteiger partial charge is 0.494 e. The molecule has 2 heterocycles. The zero-order valence-electron chi connectivity index (χ0n) is 15.5. The molecule has 1 aromatic carbocycles. The number of Topliss-reactive ketones (excluding diaryl/α,β-unsaturated/α-hetero) is 1. The van der Waals surface area contributed by atoms with E-state index in [-0.39, 0.29) is 22.8 Å². The van der Waals surface area contributed by atoms with Gasteiger partial charge in [-0.15, -0.1) is 21.5 Å². The lowest BCUT2D eigenvalue weighted by molar-refractivity contribution is 0.102. The average molecular weight is 419 g/mol. The number of ether oxygens (including phenoxy) is 1. The second-order valence-electron chi connectivity index (χ2n) is 6.84. The first-order valence-electron chi connectivity index (χ1n) is 8.98. The summed E-state index contributed by atoms with van der Waals surface area (Å²) in [6, 6.07) is 6.31. The van der Waals surface area contributed by atoms with Crippen molar-refractivity contribution < 1.29 is 18.3 Å². The van der Waals surface area contributed by atoms with Crippen molar-refractivity contribution in [3.8, 4) is 16.5 Å². The van der Waals surface area contributed by atoms with Crippen LogP contribution in [-0.2, 0) is 12.8 Å². The molecule has 0 bridgehead atoms.